The number of nitrogens with zero attached hydrogens (tertiary/aromatic N) is 1. The first-order valence-corrected chi connectivity index (χ1v) is 9.23. The first kappa shape index (κ1) is 14.4. The summed E-state index contributed by atoms with van der Waals surface area (Å²) in [6.45, 7) is 2.75. The summed E-state index contributed by atoms with van der Waals surface area (Å²) in [5, 5.41) is 0. The van der Waals surface area contributed by atoms with Crippen molar-refractivity contribution in [2.45, 2.75) is 49.4 Å². The smallest absolute Gasteiger partial charge is 0.207 e. The van der Waals surface area contributed by atoms with Crippen molar-refractivity contribution in [3.8, 4) is 0 Å². The van der Waals surface area contributed by atoms with E-state index >= 15 is 0 Å². The van der Waals surface area contributed by atoms with Gasteiger partial charge in [0.15, 0.2) is 0 Å². The van der Waals surface area contributed by atoms with E-state index in [4.69, 9.17) is 11.6 Å². The number of aryl methyl sites for hydroxylation is 1. The highest BCUT2D eigenvalue weighted by molar-refractivity contribution is 7.89. The number of sulfonamides is 1. The van der Waals surface area contributed by atoms with Gasteiger partial charge >= 0.3 is 0 Å². The van der Waals surface area contributed by atoms with Crippen LogP contribution in [0.1, 0.15) is 37.3 Å². The molecule has 110 valence electrons. The van der Waals surface area contributed by atoms with E-state index in [0.717, 1.165) is 30.4 Å². The molecular formula is C15H20ClNO2S. The molecule has 0 spiro atoms. The monoisotopic (exact) mass is 313 g/mol. The van der Waals surface area contributed by atoms with Crippen LogP contribution in [-0.4, -0.2) is 25.3 Å². The Balaban J connectivity index is 1.95. The molecule has 3 nitrogen and oxygen atoms in total. The Morgan fingerprint density at radius 3 is 2.65 bits per heavy atom. The van der Waals surface area contributed by atoms with Gasteiger partial charge in [0.25, 0.3) is 0 Å². The Labute approximate surface area is 126 Å². The molecule has 2 fully saturated rings. The van der Waals surface area contributed by atoms with E-state index in [0.29, 0.717) is 23.2 Å². The van der Waals surface area contributed by atoms with Crippen molar-refractivity contribution in [1.82, 2.24) is 4.31 Å². The maximum atomic E-state index is 12.8. The van der Waals surface area contributed by atoms with Crippen LogP contribution >= 0.6 is 11.6 Å². The molecule has 1 saturated heterocycles. The molecule has 2 aliphatic rings. The predicted octanol–water partition coefficient (Wildman–Crippen LogP) is 3.16. The number of piperidine rings is 1. The van der Waals surface area contributed by atoms with Gasteiger partial charge in [-0.25, -0.2) is 8.42 Å². The van der Waals surface area contributed by atoms with E-state index < -0.39 is 10.0 Å². The van der Waals surface area contributed by atoms with Gasteiger partial charge in [-0.2, -0.15) is 4.31 Å². The van der Waals surface area contributed by atoms with Gasteiger partial charge in [-0.1, -0.05) is 13.0 Å². The maximum Gasteiger partial charge on any atom is 0.243 e. The minimum atomic E-state index is -3.35. The molecule has 1 saturated carbocycles. The van der Waals surface area contributed by atoms with Gasteiger partial charge in [0.2, 0.25) is 10.0 Å². The molecule has 20 heavy (non-hydrogen) atoms. The molecule has 0 aromatic heterocycles. The Kier molecular flexibility index (Phi) is 3.82. The van der Waals surface area contributed by atoms with Gasteiger partial charge in [0.05, 0.1) is 4.90 Å². The Morgan fingerprint density at radius 2 is 2.10 bits per heavy atom. The Hall–Kier alpha value is -0.580. The number of fused-ring (bicyclic) bond motifs is 2. The quantitative estimate of drug-likeness (QED) is 0.801. The fraction of sp³-hybridized carbons (Fsp3) is 0.600. The second kappa shape index (κ2) is 5.32. The van der Waals surface area contributed by atoms with Gasteiger partial charge in [0.1, 0.15) is 0 Å². The summed E-state index contributed by atoms with van der Waals surface area (Å²) in [5.74, 6) is 0.927. The molecule has 0 amide bonds. The predicted molar refractivity (Wildman–Crippen MR) is 80.4 cm³/mol. The molecule has 3 rings (SSSR count). The van der Waals surface area contributed by atoms with Crippen LogP contribution in [0.25, 0.3) is 0 Å². The van der Waals surface area contributed by atoms with Crippen molar-refractivity contribution in [2.24, 2.45) is 5.92 Å². The first-order valence-electron chi connectivity index (χ1n) is 7.26. The molecule has 5 heteroatoms. The van der Waals surface area contributed by atoms with E-state index in [1.165, 1.54) is 6.42 Å². The molecule has 2 atom stereocenters. The van der Waals surface area contributed by atoms with Crippen LogP contribution in [0.4, 0.5) is 0 Å². The molecule has 0 N–H and O–H groups in total. The second-order valence-corrected chi connectivity index (χ2v) is 7.98. The minimum Gasteiger partial charge on any atom is -0.207 e. The summed E-state index contributed by atoms with van der Waals surface area (Å²) < 4.78 is 27.3. The number of rotatable bonds is 4. The zero-order chi connectivity index (χ0) is 14.3. The summed E-state index contributed by atoms with van der Waals surface area (Å²) in [5.41, 5.74) is 2.06. The van der Waals surface area contributed by atoms with Crippen LogP contribution in [-0.2, 0) is 22.3 Å². The van der Waals surface area contributed by atoms with Crippen molar-refractivity contribution < 1.29 is 8.42 Å². The molecule has 0 radical (unpaired) electrons. The third-order valence-corrected chi connectivity index (χ3v) is 6.87. The third kappa shape index (κ3) is 2.28. The molecule has 1 aliphatic heterocycles. The number of alkyl halides is 1. The van der Waals surface area contributed by atoms with Gasteiger partial charge in [0, 0.05) is 18.5 Å². The van der Waals surface area contributed by atoms with E-state index in [9.17, 15) is 8.42 Å². The van der Waals surface area contributed by atoms with E-state index in [1.807, 2.05) is 6.07 Å². The highest BCUT2D eigenvalue weighted by Crippen LogP contribution is 2.40. The highest BCUT2D eigenvalue weighted by atomic mass is 35.5. The molecule has 1 heterocycles. The van der Waals surface area contributed by atoms with Crippen molar-refractivity contribution in [2.75, 3.05) is 6.54 Å². The van der Waals surface area contributed by atoms with Gasteiger partial charge in [-0.05, 0) is 54.9 Å². The van der Waals surface area contributed by atoms with Crippen LogP contribution < -0.4 is 0 Å². The summed E-state index contributed by atoms with van der Waals surface area (Å²) in [6, 6.07) is 5.61. The Morgan fingerprint density at radius 1 is 1.30 bits per heavy atom. The van der Waals surface area contributed by atoms with E-state index in [2.05, 4.69) is 6.92 Å². The standard InChI is InChI=1S/C15H20ClNO2S/c1-2-12-4-6-15(8-13(12)9-16)20(18,19)17-10-11-3-5-14(17)7-11/h4,6,8,11,14H,2-3,5,7,9-10H2,1H3. The van der Waals surface area contributed by atoms with Crippen LogP contribution in [0.3, 0.4) is 0 Å². The summed E-state index contributed by atoms with van der Waals surface area (Å²) >= 11 is 5.95. The van der Waals surface area contributed by atoms with E-state index in [1.54, 1.807) is 16.4 Å². The van der Waals surface area contributed by atoms with Crippen LogP contribution in [0.2, 0.25) is 0 Å². The zero-order valence-corrected chi connectivity index (χ0v) is 13.3. The second-order valence-electron chi connectivity index (χ2n) is 5.83. The average Bonchev–Trinajstić information content (AvgIpc) is 3.09. The highest BCUT2D eigenvalue weighted by Gasteiger charge is 2.44. The normalized spacial score (nSPS) is 26.3. The molecule has 1 aliphatic carbocycles. The fourth-order valence-electron chi connectivity index (χ4n) is 3.54. The van der Waals surface area contributed by atoms with Crippen molar-refractivity contribution >= 4 is 21.6 Å². The van der Waals surface area contributed by atoms with E-state index in [-0.39, 0.29) is 6.04 Å². The van der Waals surface area contributed by atoms with Crippen LogP contribution in [0.15, 0.2) is 23.1 Å². The zero-order valence-electron chi connectivity index (χ0n) is 11.7. The van der Waals surface area contributed by atoms with Crippen molar-refractivity contribution in [3.63, 3.8) is 0 Å². The summed E-state index contributed by atoms with van der Waals surface area (Å²) in [7, 11) is -3.35. The van der Waals surface area contributed by atoms with Crippen molar-refractivity contribution in [1.29, 1.82) is 0 Å². The van der Waals surface area contributed by atoms with Gasteiger partial charge in [-0.3, -0.25) is 0 Å². The lowest BCUT2D eigenvalue weighted by molar-refractivity contribution is 0.333. The number of halogens is 1. The molecular weight excluding hydrogens is 294 g/mol. The lowest BCUT2D eigenvalue weighted by atomic mass is 10.1. The lowest BCUT2D eigenvalue weighted by Crippen LogP contribution is -2.37. The van der Waals surface area contributed by atoms with Gasteiger partial charge < -0.3 is 0 Å². The Bertz CT molecular complexity index is 614. The SMILES string of the molecule is CCc1ccc(S(=O)(=O)N2CC3CCC2C3)cc1CCl. The number of benzene rings is 1. The molecule has 1 aromatic rings. The number of hydrogen-bond donors (Lipinski definition) is 0. The minimum absolute atomic E-state index is 0.218. The van der Waals surface area contributed by atoms with Crippen molar-refractivity contribution in [3.05, 3.63) is 29.3 Å². The molecule has 2 bridgehead atoms. The fourth-order valence-corrected chi connectivity index (χ4v) is 5.58. The van der Waals surface area contributed by atoms with Crippen LogP contribution in [0, 0.1) is 5.92 Å². The third-order valence-electron chi connectivity index (χ3n) is 4.67. The lowest BCUT2D eigenvalue weighted by Gasteiger charge is -2.26. The largest absolute Gasteiger partial charge is 0.243 e. The summed E-state index contributed by atoms with van der Waals surface area (Å²) in [6.07, 6.45) is 4.10. The first-order chi connectivity index (χ1) is 9.56. The molecule has 2 unspecified atom stereocenters. The average molecular weight is 314 g/mol. The number of hydrogen-bond acceptors (Lipinski definition) is 2. The maximum absolute atomic E-state index is 12.8. The van der Waals surface area contributed by atoms with Crippen LogP contribution in [0.5, 0.6) is 0 Å². The topological polar surface area (TPSA) is 37.4 Å². The van der Waals surface area contributed by atoms with Gasteiger partial charge in [-0.15, -0.1) is 11.6 Å². The molecule has 1 aromatic carbocycles. The summed E-state index contributed by atoms with van der Waals surface area (Å²) in [4.78, 5) is 0.401.